The number of ketones is 1. The van der Waals surface area contributed by atoms with E-state index in [1.165, 1.54) is 4.90 Å². The molecule has 2 heterocycles. The highest BCUT2D eigenvalue weighted by molar-refractivity contribution is 7.09. The molecule has 0 spiro atoms. The Labute approximate surface area is 202 Å². The lowest BCUT2D eigenvalue weighted by molar-refractivity contribution is -0.121. The Balaban J connectivity index is 1.39. The maximum absolute atomic E-state index is 13.1. The highest BCUT2D eigenvalue weighted by Crippen LogP contribution is 2.36. The summed E-state index contributed by atoms with van der Waals surface area (Å²) in [7, 11) is 0. The van der Waals surface area contributed by atoms with Crippen LogP contribution in [-0.4, -0.2) is 29.8 Å². The molecule has 5 nitrogen and oxygen atoms in total. The number of fused-ring (bicyclic) bond motifs is 1. The molecule has 3 aromatic carbocycles. The van der Waals surface area contributed by atoms with Gasteiger partial charge in [0.2, 0.25) is 0 Å². The van der Waals surface area contributed by atoms with Gasteiger partial charge in [0, 0.05) is 16.5 Å². The molecule has 1 aliphatic rings. The van der Waals surface area contributed by atoms with Crippen molar-refractivity contribution < 1.29 is 14.3 Å². The van der Waals surface area contributed by atoms with Crippen LogP contribution in [-0.2, 0) is 11.2 Å². The molecule has 1 amide bonds. The van der Waals surface area contributed by atoms with Crippen LogP contribution in [0.1, 0.15) is 28.7 Å². The quantitative estimate of drug-likeness (QED) is 0.310. The molecule has 170 valence electrons. The largest absolute Gasteiger partial charge is 0.482 e. The molecule has 0 fully saturated rings. The second-order valence-electron chi connectivity index (χ2n) is 8.19. The van der Waals surface area contributed by atoms with Gasteiger partial charge in [-0.2, -0.15) is 0 Å². The summed E-state index contributed by atoms with van der Waals surface area (Å²) in [4.78, 5) is 32.1. The number of carbonyl (C=O) groups is 2. The molecule has 0 bridgehead atoms. The maximum Gasteiger partial charge on any atom is 0.265 e. The molecule has 0 aliphatic carbocycles. The minimum atomic E-state index is -0.233. The molecule has 0 atom stereocenters. The van der Waals surface area contributed by atoms with Crippen LogP contribution in [0, 0.1) is 0 Å². The number of carbonyl (C=O) groups excluding carboxylic acids is 2. The van der Waals surface area contributed by atoms with Crippen LogP contribution in [0.15, 0.2) is 78.2 Å². The van der Waals surface area contributed by atoms with E-state index in [2.05, 4.69) is 6.92 Å². The third-order valence-corrected chi connectivity index (χ3v) is 6.74. The molecular formula is C28H24N2O3S. The smallest absolute Gasteiger partial charge is 0.265 e. The van der Waals surface area contributed by atoms with Gasteiger partial charge in [0.15, 0.2) is 12.4 Å². The first-order valence-electron chi connectivity index (χ1n) is 11.3. The highest BCUT2D eigenvalue weighted by Gasteiger charge is 2.28. The van der Waals surface area contributed by atoms with Gasteiger partial charge in [0.05, 0.1) is 22.9 Å². The summed E-state index contributed by atoms with van der Waals surface area (Å²) in [5.74, 6) is 0.244. The first-order chi connectivity index (χ1) is 16.6. The minimum absolute atomic E-state index is 0.0402. The van der Waals surface area contributed by atoms with Crippen molar-refractivity contribution in [2.75, 3.05) is 18.1 Å². The van der Waals surface area contributed by atoms with Crippen molar-refractivity contribution in [3.8, 4) is 28.1 Å². The number of Topliss-reactive ketones (excluding diaryl/α,β-unsaturated/α-hetero) is 1. The summed E-state index contributed by atoms with van der Waals surface area (Å²) in [5, 5.41) is 3.12. The SMILES string of the molecule is CCCc1nc(-c2ccc3c(c2)N(CC(=O)c2ccc(-c4ccccc4)cc2)C(=O)CO3)cs1. The van der Waals surface area contributed by atoms with E-state index in [1.807, 2.05) is 78.2 Å². The third-order valence-electron chi connectivity index (χ3n) is 5.83. The van der Waals surface area contributed by atoms with E-state index in [-0.39, 0.29) is 24.8 Å². The fourth-order valence-electron chi connectivity index (χ4n) is 4.02. The zero-order chi connectivity index (χ0) is 23.5. The normalized spacial score (nSPS) is 12.9. The minimum Gasteiger partial charge on any atom is -0.482 e. The predicted molar refractivity (Wildman–Crippen MR) is 136 cm³/mol. The summed E-state index contributed by atoms with van der Waals surface area (Å²) in [6.45, 7) is 2.01. The monoisotopic (exact) mass is 468 g/mol. The molecule has 0 radical (unpaired) electrons. The number of aryl methyl sites for hydroxylation is 1. The topological polar surface area (TPSA) is 59.5 Å². The Bertz CT molecular complexity index is 1330. The molecule has 34 heavy (non-hydrogen) atoms. The van der Waals surface area contributed by atoms with Crippen molar-refractivity contribution in [3.63, 3.8) is 0 Å². The summed E-state index contributed by atoms with van der Waals surface area (Å²) < 4.78 is 5.63. The number of anilines is 1. The van der Waals surface area contributed by atoms with E-state index < -0.39 is 0 Å². The average Bonchev–Trinajstić information content (AvgIpc) is 3.35. The first kappa shape index (κ1) is 22.0. The van der Waals surface area contributed by atoms with E-state index in [1.54, 1.807) is 11.3 Å². The molecule has 0 saturated carbocycles. The number of nitrogens with zero attached hydrogens (tertiary/aromatic N) is 2. The van der Waals surface area contributed by atoms with Gasteiger partial charge in [-0.3, -0.25) is 14.5 Å². The zero-order valence-electron chi connectivity index (χ0n) is 18.9. The highest BCUT2D eigenvalue weighted by atomic mass is 32.1. The number of aromatic nitrogens is 1. The summed E-state index contributed by atoms with van der Waals surface area (Å²) in [6.07, 6.45) is 1.99. The molecule has 5 rings (SSSR count). The van der Waals surface area contributed by atoms with Crippen LogP contribution in [0.2, 0.25) is 0 Å². The number of thiazole rings is 1. The molecule has 0 unspecified atom stereocenters. The number of rotatable bonds is 7. The molecule has 1 aromatic heterocycles. The Kier molecular flexibility index (Phi) is 6.23. The van der Waals surface area contributed by atoms with Crippen molar-refractivity contribution >= 4 is 28.7 Å². The van der Waals surface area contributed by atoms with Gasteiger partial charge in [-0.15, -0.1) is 11.3 Å². The maximum atomic E-state index is 13.1. The number of benzene rings is 3. The number of hydrogen-bond acceptors (Lipinski definition) is 5. The van der Waals surface area contributed by atoms with Gasteiger partial charge in [0.1, 0.15) is 5.75 Å². The van der Waals surface area contributed by atoms with Gasteiger partial charge in [-0.25, -0.2) is 4.98 Å². The molecule has 0 saturated heterocycles. The lowest BCUT2D eigenvalue weighted by Crippen LogP contribution is -2.42. The lowest BCUT2D eigenvalue weighted by Gasteiger charge is -2.29. The fraction of sp³-hybridized carbons (Fsp3) is 0.179. The summed E-state index contributed by atoms with van der Waals surface area (Å²) in [5.41, 5.74) is 5.08. The van der Waals surface area contributed by atoms with Gasteiger partial charge < -0.3 is 4.74 Å². The van der Waals surface area contributed by atoms with Crippen LogP contribution < -0.4 is 9.64 Å². The van der Waals surface area contributed by atoms with E-state index in [9.17, 15) is 9.59 Å². The summed E-state index contributed by atoms with van der Waals surface area (Å²) in [6, 6.07) is 23.2. The van der Waals surface area contributed by atoms with Crippen LogP contribution in [0.3, 0.4) is 0 Å². The van der Waals surface area contributed by atoms with Crippen molar-refractivity contribution in [2.45, 2.75) is 19.8 Å². The average molecular weight is 469 g/mol. The van der Waals surface area contributed by atoms with E-state index in [0.717, 1.165) is 40.2 Å². The van der Waals surface area contributed by atoms with Gasteiger partial charge in [-0.05, 0) is 42.2 Å². The molecular weight excluding hydrogens is 444 g/mol. The number of hydrogen-bond donors (Lipinski definition) is 0. The lowest BCUT2D eigenvalue weighted by atomic mass is 10.0. The van der Waals surface area contributed by atoms with Crippen LogP contribution in [0.25, 0.3) is 22.4 Å². The van der Waals surface area contributed by atoms with E-state index in [4.69, 9.17) is 9.72 Å². The zero-order valence-corrected chi connectivity index (χ0v) is 19.7. The Morgan fingerprint density at radius 3 is 2.50 bits per heavy atom. The van der Waals surface area contributed by atoms with Crippen LogP contribution in [0.4, 0.5) is 5.69 Å². The van der Waals surface area contributed by atoms with Crippen molar-refractivity contribution in [1.82, 2.24) is 4.98 Å². The van der Waals surface area contributed by atoms with Crippen molar-refractivity contribution in [1.29, 1.82) is 0 Å². The summed E-state index contributed by atoms with van der Waals surface area (Å²) >= 11 is 1.64. The number of amides is 1. The third kappa shape index (κ3) is 4.50. The van der Waals surface area contributed by atoms with E-state index >= 15 is 0 Å². The molecule has 0 N–H and O–H groups in total. The van der Waals surface area contributed by atoms with Crippen molar-refractivity contribution in [3.05, 3.63) is 88.7 Å². The molecule has 6 heteroatoms. The standard InChI is InChI=1S/C28H24N2O3S/c1-2-6-27-29-23(18-34-27)22-13-14-26-24(15-22)30(28(32)17-33-26)16-25(31)21-11-9-20(10-12-21)19-7-4-3-5-8-19/h3-5,7-15,18H,2,6,16-17H2,1H3. The second-order valence-corrected chi connectivity index (χ2v) is 9.14. The van der Waals surface area contributed by atoms with Crippen molar-refractivity contribution in [2.24, 2.45) is 0 Å². The Morgan fingerprint density at radius 2 is 1.74 bits per heavy atom. The van der Waals surface area contributed by atoms with Gasteiger partial charge in [0.25, 0.3) is 5.91 Å². The Morgan fingerprint density at radius 1 is 1.00 bits per heavy atom. The second kappa shape index (κ2) is 9.61. The number of ether oxygens (including phenoxy) is 1. The van der Waals surface area contributed by atoms with Gasteiger partial charge in [-0.1, -0.05) is 61.5 Å². The first-order valence-corrected chi connectivity index (χ1v) is 12.2. The van der Waals surface area contributed by atoms with Crippen LogP contribution >= 0.6 is 11.3 Å². The predicted octanol–water partition coefficient (Wildman–Crippen LogP) is 6.04. The molecule has 1 aliphatic heterocycles. The Hall–Kier alpha value is -3.77. The van der Waals surface area contributed by atoms with E-state index in [0.29, 0.717) is 17.0 Å². The van der Waals surface area contributed by atoms with Crippen LogP contribution in [0.5, 0.6) is 5.75 Å². The van der Waals surface area contributed by atoms with Gasteiger partial charge >= 0.3 is 0 Å². The fourth-order valence-corrected chi connectivity index (χ4v) is 4.93. The molecule has 4 aromatic rings.